The van der Waals surface area contributed by atoms with Gasteiger partial charge in [0.05, 0.1) is 13.0 Å². The maximum absolute atomic E-state index is 13.9. The highest BCUT2D eigenvalue weighted by Gasteiger charge is 2.24. The molecule has 0 radical (unpaired) electrons. The van der Waals surface area contributed by atoms with Gasteiger partial charge in [0.15, 0.2) is 0 Å². The summed E-state index contributed by atoms with van der Waals surface area (Å²) in [6.07, 6.45) is 1.24. The van der Waals surface area contributed by atoms with Crippen molar-refractivity contribution in [3.8, 4) is 0 Å². The van der Waals surface area contributed by atoms with Gasteiger partial charge in [0.1, 0.15) is 5.82 Å². The smallest absolute Gasteiger partial charge is 0.307 e. The van der Waals surface area contributed by atoms with Gasteiger partial charge >= 0.3 is 5.97 Å². The zero-order valence-electron chi connectivity index (χ0n) is 15.4. The SMILES string of the molecule is CCOC(=O)CCn1c2c(c3cc(F)ccc31)CN(Cc1cccs1)CC2. The number of ether oxygens (including phenoxy) is 1. The second-order valence-corrected chi connectivity index (χ2v) is 7.87. The molecule has 3 aromatic rings. The molecule has 142 valence electrons. The first kappa shape index (κ1) is 18.2. The third-order valence-electron chi connectivity index (χ3n) is 5.10. The summed E-state index contributed by atoms with van der Waals surface area (Å²) in [6.45, 7) is 5.47. The average molecular weight is 386 g/mol. The minimum absolute atomic E-state index is 0.189. The van der Waals surface area contributed by atoms with E-state index in [2.05, 4.69) is 27.0 Å². The number of carbonyl (C=O) groups excluding carboxylic acids is 1. The lowest BCUT2D eigenvalue weighted by atomic mass is 10.0. The van der Waals surface area contributed by atoms with Gasteiger partial charge in [-0.1, -0.05) is 6.07 Å². The van der Waals surface area contributed by atoms with E-state index in [0.717, 1.165) is 37.0 Å². The Labute approximate surface area is 162 Å². The van der Waals surface area contributed by atoms with Gasteiger partial charge in [-0.15, -0.1) is 11.3 Å². The third kappa shape index (κ3) is 3.77. The topological polar surface area (TPSA) is 34.5 Å². The standard InChI is InChI=1S/C21H23FN2O2S/c1-2-26-21(25)8-10-24-19-6-5-15(22)12-17(19)18-14-23(9-7-20(18)24)13-16-4-3-11-27-16/h3-6,11-12H,2,7-10,13-14H2,1H3. The lowest BCUT2D eigenvalue weighted by molar-refractivity contribution is -0.143. The molecule has 0 saturated carbocycles. The highest BCUT2D eigenvalue weighted by atomic mass is 32.1. The number of esters is 1. The third-order valence-corrected chi connectivity index (χ3v) is 5.96. The van der Waals surface area contributed by atoms with Gasteiger partial charge in [0, 0.05) is 54.1 Å². The van der Waals surface area contributed by atoms with Crippen LogP contribution < -0.4 is 0 Å². The number of thiophene rings is 1. The summed E-state index contributed by atoms with van der Waals surface area (Å²) in [6, 6.07) is 9.19. The van der Waals surface area contributed by atoms with Gasteiger partial charge in [-0.3, -0.25) is 9.69 Å². The van der Waals surface area contributed by atoms with Crippen molar-refractivity contribution in [2.45, 2.75) is 39.4 Å². The van der Waals surface area contributed by atoms with Crippen LogP contribution in [0.3, 0.4) is 0 Å². The molecule has 0 fully saturated rings. The monoisotopic (exact) mass is 386 g/mol. The summed E-state index contributed by atoms with van der Waals surface area (Å²) in [5.74, 6) is -0.409. The van der Waals surface area contributed by atoms with Crippen molar-refractivity contribution in [3.05, 3.63) is 57.7 Å². The molecule has 6 heteroatoms. The molecule has 0 N–H and O–H groups in total. The summed E-state index contributed by atoms with van der Waals surface area (Å²) in [4.78, 5) is 15.6. The Balaban J connectivity index is 1.64. The Hall–Kier alpha value is -2.18. The van der Waals surface area contributed by atoms with Gasteiger partial charge in [-0.2, -0.15) is 0 Å². The minimum Gasteiger partial charge on any atom is -0.466 e. The molecular weight excluding hydrogens is 363 g/mol. The van der Waals surface area contributed by atoms with E-state index in [4.69, 9.17) is 4.74 Å². The molecule has 1 aliphatic rings. The molecule has 27 heavy (non-hydrogen) atoms. The van der Waals surface area contributed by atoms with Gasteiger partial charge in [-0.25, -0.2) is 4.39 Å². The van der Waals surface area contributed by atoms with Crippen molar-refractivity contribution in [2.75, 3.05) is 13.2 Å². The van der Waals surface area contributed by atoms with E-state index in [1.165, 1.54) is 22.2 Å². The van der Waals surface area contributed by atoms with Gasteiger partial charge in [-0.05, 0) is 42.1 Å². The largest absolute Gasteiger partial charge is 0.466 e. The Morgan fingerprint density at radius 1 is 1.33 bits per heavy atom. The number of aryl methyl sites for hydroxylation is 1. The maximum Gasteiger partial charge on any atom is 0.307 e. The Kier molecular flexibility index (Phi) is 5.27. The van der Waals surface area contributed by atoms with E-state index in [0.29, 0.717) is 19.6 Å². The summed E-state index contributed by atoms with van der Waals surface area (Å²) >= 11 is 1.77. The van der Waals surface area contributed by atoms with E-state index in [1.54, 1.807) is 17.4 Å². The van der Waals surface area contributed by atoms with E-state index in [9.17, 15) is 9.18 Å². The fraction of sp³-hybridized carbons (Fsp3) is 0.381. The molecule has 0 atom stereocenters. The van der Waals surface area contributed by atoms with Crippen LogP contribution >= 0.6 is 11.3 Å². The molecule has 0 unspecified atom stereocenters. The first-order valence-corrected chi connectivity index (χ1v) is 10.2. The Morgan fingerprint density at radius 2 is 2.22 bits per heavy atom. The zero-order valence-corrected chi connectivity index (χ0v) is 16.2. The van der Waals surface area contributed by atoms with Gasteiger partial charge in [0.2, 0.25) is 0 Å². The van der Waals surface area contributed by atoms with Crippen molar-refractivity contribution in [1.29, 1.82) is 0 Å². The zero-order chi connectivity index (χ0) is 18.8. The summed E-state index contributed by atoms with van der Waals surface area (Å²) in [7, 11) is 0. The molecule has 0 bridgehead atoms. The molecule has 0 amide bonds. The van der Waals surface area contributed by atoms with E-state index in [1.807, 2.05) is 13.0 Å². The number of benzene rings is 1. The van der Waals surface area contributed by atoms with Crippen molar-refractivity contribution >= 4 is 28.2 Å². The quantitative estimate of drug-likeness (QED) is 0.591. The first-order chi connectivity index (χ1) is 13.2. The predicted octanol–water partition coefficient (Wildman–Crippen LogP) is 4.35. The predicted molar refractivity (Wildman–Crippen MR) is 105 cm³/mol. The second kappa shape index (κ2) is 7.82. The number of halogens is 1. The number of hydrogen-bond acceptors (Lipinski definition) is 4. The number of aromatic nitrogens is 1. The molecule has 0 aliphatic carbocycles. The molecule has 4 nitrogen and oxygen atoms in total. The molecule has 0 saturated heterocycles. The average Bonchev–Trinajstić information content (AvgIpc) is 3.26. The van der Waals surface area contributed by atoms with E-state index >= 15 is 0 Å². The van der Waals surface area contributed by atoms with Crippen molar-refractivity contribution in [3.63, 3.8) is 0 Å². The first-order valence-electron chi connectivity index (χ1n) is 9.35. The second-order valence-electron chi connectivity index (χ2n) is 6.83. The number of rotatable bonds is 6. The lowest BCUT2D eigenvalue weighted by Gasteiger charge is -2.27. The molecule has 3 heterocycles. The highest BCUT2D eigenvalue weighted by Crippen LogP contribution is 2.32. The number of carbonyl (C=O) groups is 1. The lowest BCUT2D eigenvalue weighted by Crippen LogP contribution is -2.30. The van der Waals surface area contributed by atoms with Gasteiger partial charge in [0.25, 0.3) is 0 Å². The molecule has 1 aliphatic heterocycles. The van der Waals surface area contributed by atoms with Crippen LogP contribution in [0.4, 0.5) is 4.39 Å². The minimum atomic E-state index is -0.219. The Bertz CT molecular complexity index is 949. The van der Waals surface area contributed by atoms with Gasteiger partial charge < -0.3 is 9.30 Å². The summed E-state index contributed by atoms with van der Waals surface area (Å²) < 4.78 is 21.2. The van der Waals surface area contributed by atoms with Crippen LogP contribution in [0.25, 0.3) is 10.9 Å². The van der Waals surface area contributed by atoms with E-state index in [-0.39, 0.29) is 11.8 Å². The summed E-state index contributed by atoms with van der Waals surface area (Å²) in [5.41, 5.74) is 3.42. The molecule has 4 rings (SSSR count). The van der Waals surface area contributed by atoms with Crippen LogP contribution in [-0.2, 0) is 35.6 Å². The fourth-order valence-corrected chi connectivity index (χ4v) is 4.67. The summed E-state index contributed by atoms with van der Waals surface area (Å²) in [5, 5.41) is 3.06. The number of fused-ring (bicyclic) bond motifs is 3. The van der Waals surface area contributed by atoms with Crippen molar-refractivity contribution in [1.82, 2.24) is 9.47 Å². The van der Waals surface area contributed by atoms with Crippen LogP contribution in [0.1, 0.15) is 29.5 Å². The van der Waals surface area contributed by atoms with Crippen molar-refractivity contribution < 1.29 is 13.9 Å². The molecule has 0 spiro atoms. The van der Waals surface area contributed by atoms with Crippen LogP contribution in [0.5, 0.6) is 0 Å². The number of nitrogens with zero attached hydrogens (tertiary/aromatic N) is 2. The normalized spacial score (nSPS) is 14.4. The molecule has 2 aromatic heterocycles. The van der Waals surface area contributed by atoms with E-state index < -0.39 is 0 Å². The highest BCUT2D eigenvalue weighted by molar-refractivity contribution is 7.09. The van der Waals surface area contributed by atoms with Crippen LogP contribution in [0.2, 0.25) is 0 Å². The van der Waals surface area contributed by atoms with Crippen molar-refractivity contribution in [2.24, 2.45) is 0 Å². The molecular formula is C21H23FN2O2S. The number of hydrogen-bond donors (Lipinski definition) is 0. The van der Waals surface area contributed by atoms with Crippen LogP contribution in [0.15, 0.2) is 35.7 Å². The maximum atomic E-state index is 13.9. The van der Waals surface area contributed by atoms with Crippen LogP contribution in [-0.4, -0.2) is 28.6 Å². The van der Waals surface area contributed by atoms with Crippen LogP contribution in [0, 0.1) is 5.82 Å². The molecule has 1 aromatic carbocycles. The Morgan fingerprint density at radius 3 is 3.00 bits per heavy atom. The fourth-order valence-electron chi connectivity index (χ4n) is 3.93.